The van der Waals surface area contributed by atoms with Gasteiger partial charge in [0.15, 0.2) is 0 Å². The number of hydrogen-bond donors (Lipinski definition) is 2. The molecule has 1 unspecified atom stereocenters. The average molecular weight is 446 g/mol. The monoisotopic (exact) mass is 446 g/mol. The molecule has 3 heterocycles. The number of hydrogen-bond acceptors (Lipinski definition) is 8. The lowest BCUT2D eigenvalue weighted by atomic mass is 10.1. The summed E-state index contributed by atoms with van der Waals surface area (Å²) in [5.41, 5.74) is 0.162. The van der Waals surface area contributed by atoms with Crippen molar-refractivity contribution in [1.29, 1.82) is 0 Å². The maximum atomic E-state index is 12.7. The first-order valence-electron chi connectivity index (χ1n) is 8.25. The van der Waals surface area contributed by atoms with E-state index in [0.29, 0.717) is 5.57 Å². The molecule has 0 aromatic carbocycles. The highest BCUT2D eigenvalue weighted by Crippen LogP contribution is 2.58. The fourth-order valence-electron chi connectivity index (χ4n) is 2.93. The summed E-state index contributed by atoms with van der Waals surface area (Å²) >= 11 is 2.77. The van der Waals surface area contributed by atoms with Crippen LogP contribution in [0, 0.1) is 0 Å². The number of ether oxygens (including phenoxy) is 1. The molecule has 1 saturated heterocycles. The number of carbonyl (C=O) groups is 3. The van der Waals surface area contributed by atoms with Crippen molar-refractivity contribution in [2.24, 2.45) is 0 Å². The van der Waals surface area contributed by atoms with E-state index in [0.717, 1.165) is 16.9 Å². The molecule has 2 N–H and O–H groups in total. The van der Waals surface area contributed by atoms with Gasteiger partial charge in [0.1, 0.15) is 23.5 Å². The Morgan fingerprint density at radius 2 is 2.21 bits per heavy atom. The van der Waals surface area contributed by atoms with Crippen molar-refractivity contribution in [3.05, 3.63) is 33.4 Å². The lowest BCUT2D eigenvalue weighted by Crippen LogP contribution is -2.70. The van der Waals surface area contributed by atoms with Gasteiger partial charge in [0.05, 0.1) is 6.42 Å². The Labute approximate surface area is 169 Å². The SMILES string of the molecule is COP(=O)(O)C1=C(COC(C)=O)CS[C@H]2[C@H](NC(=O)Cc3cccs3)C(=O)N12. The Hall–Kier alpha value is -1.65. The van der Waals surface area contributed by atoms with Crippen LogP contribution in [-0.4, -0.2) is 58.5 Å². The highest BCUT2D eigenvalue weighted by atomic mass is 32.2. The molecular weight excluding hydrogens is 427 g/mol. The molecule has 9 nitrogen and oxygen atoms in total. The van der Waals surface area contributed by atoms with Gasteiger partial charge in [-0.3, -0.25) is 23.8 Å². The number of β-lactam (4-membered cyclic amide) rings is 1. The predicted molar refractivity (Wildman–Crippen MR) is 104 cm³/mol. The number of nitrogens with zero attached hydrogens (tertiary/aromatic N) is 1. The van der Waals surface area contributed by atoms with Gasteiger partial charge in [0, 0.05) is 30.2 Å². The second kappa shape index (κ2) is 8.38. The zero-order valence-corrected chi connectivity index (χ0v) is 17.6. The van der Waals surface area contributed by atoms with Gasteiger partial charge in [-0.1, -0.05) is 6.07 Å². The molecule has 0 radical (unpaired) electrons. The molecule has 152 valence electrons. The minimum atomic E-state index is -4.28. The Bertz CT molecular complexity index is 870. The van der Waals surface area contributed by atoms with Gasteiger partial charge in [0.2, 0.25) is 5.91 Å². The number of thioether (sulfide) groups is 1. The summed E-state index contributed by atoms with van der Waals surface area (Å²) in [5, 5.41) is 4.03. The largest absolute Gasteiger partial charge is 0.461 e. The van der Waals surface area contributed by atoms with E-state index in [-0.39, 0.29) is 30.1 Å². The van der Waals surface area contributed by atoms with Crippen molar-refractivity contribution < 1.29 is 33.1 Å². The molecule has 3 atom stereocenters. The molecule has 0 spiro atoms. The fourth-order valence-corrected chi connectivity index (χ4v) is 6.35. The van der Waals surface area contributed by atoms with E-state index < -0.39 is 30.9 Å². The van der Waals surface area contributed by atoms with Crippen molar-refractivity contribution in [3.8, 4) is 0 Å². The Kier molecular flexibility index (Phi) is 6.31. The molecule has 2 amide bonds. The van der Waals surface area contributed by atoms with Crippen LogP contribution >= 0.6 is 30.7 Å². The van der Waals surface area contributed by atoms with Gasteiger partial charge >= 0.3 is 13.6 Å². The summed E-state index contributed by atoms with van der Waals surface area (Å²) in [6.45, 7) is 1.01. The molecule has 28 heavy (non-hydrogen) atoms. The fraction of sp³-hybridized carbons (Fsp3) is 0.438. The Balaban J connectivity index is 1.77. The third kappa shape index (κ3) is 4.18. The van der Waals surface area contributed by atoms with E-state index in [1.807, 2.05) is 17.5 Å². The van der Waals surface area contributed by atoms with Crippen molar-refractivity contribution in [1.82, 2.24) is 10.2 Å². The molecule has 0 aliphatic carbocycles. The van der Waals surface area contributed by atoms with Crippen LogP contribution in [0.1, 0.15) is 11.8 Å². The number of rotatable bonds is 7. The standard InChI is InChI=1S/C16H19N2O7PS2/c1-9(19)25-7-10-8-28-16-13(17-12(20)6-11-4-3-5-27-11)14(21)18(16)15(10)26(22,23)24-2/h3-5,13,16H,6-8H2,1-2H3,(H,17,20)(H,22,23)/t13-,16+/m1/s1. The lowest BCUT2D eigenvalue weighted by Gasteiger charge is -2.50. The van der Waals surface area contributed by atoms with E-state index in [4.69, 9.17) is 9.26 Å². The van der Waals surface area contributed by atoms with Crippen molar-refractivity contribution in [2.75, 3.05) is 19.5 Å². The van der Waals surface area contributed by atoms with Gasteiger partial charge in [-0.05, 0) is 11.4 Å². The highest BCUT2D eigenvalue weighted by molar-refractivity contribution is 8.00. The maximum absolute atomic E-state index is 12.7. The summed E-state index contributed by atoms with van der Waals surface area (Å²) in [6.07, 6.45) is 0.162. The number of amides is 2. The van der Waals surface area contributed by atoms with Crippen LogP contribution in [-0.2, 0) is 34.6 Å². The smallest absolute Gasteiger partial charge is 0.375 e. The number of nitrogens with one attached hydrogen (secondary N) is 1. The van der Waals surface area contributed by atoms with E-state index in [2.05, 4.69) is 5.32 Å². The third-order valence-corrected chi connectivity index (χ3v) is 7.99. The molecule has 3 rings (SSSR count). The van der Waals surface area contributed by atoms with E-state index in [9.17, 15) is 23.8 Å². The van der Waals surface area contributed by atoms with Crippen LogP contribution < -0.4 is 5.32 Å². The molecule has 1 fully saturated rings. The molecule has 2 aliphatic heterocycles. The summed E-state index contributed by atoms with van der Waals surface area (Å²) in [4.78, 5) is 48.2. The van der Waals surface area contributed by atoms with Crippen molar-refractivity contribution >= 4 is 48.5 Å². The van der Waals surface area contributed by atoms with Gasteiger partial charge in [-0.15, -0.1) is 23.1 Å². The van der Waals surface area contributed by atoms with Gasteiger partial charge in [-0.25, -0.2) is 0 Å². The summed E-state index contributed by atoms with van der Waals surface area (Å²) in [5.74, 6) is -1.07. The van der Waals surface area contributed by atoms with Crippen LogP contribution in [0.15, 0.2) is 28.5 Å². The first kappa shape index (κ1) is 21.1. The number of thiophene rings is 1. The number of esters is 1. The maximum Gasteiger partial charge on any atom is 0.375 e. The van der Waals surface area contributed by atoms with E-state index in [1.165, 1.54) is 30.0 Å². The Morgan fingerprint density at radius 3 is 2.82 bits per heavy atom. The van der Waals surface area contributed by atoms with Crippen LogP contribution in [0.2, 0.25) is 0 Å². The van der Waals surface area contributed by atoms with Gasteiger partial charge < -0.3 is 19.5 Å². The minimum absolute atomic E-state index is 0.162. The highest BCUT2D eigenvalue weighted by Gasteiger charge is 2.56. The topological polar surface area (TPSA) is 122 Å². The van der Waals surface area contributed by atoms with Crippen molar-refractivity contribution in [2.45, 2.75) is 24.8 Å². The van der Waals surface area contributed by atoms with Crippen molar-refractivity contribution in [3.63, 3.8) is 0 Å². The zero-order chi connectivity index (χ0) is 20.5. The van der Waals surface area contributed by atoms with E-state index >= 15 is 0 Å². The first-order chi connectivity index (χ1) is 13.2. The second-order valence-electron chi connectivity index (χ2n) is 6.12. The van der Waals surface area contributed by atoms with Crippen LogP contribution in [0.3, 0.4) is 0 Å². The van der Waals surface area contributed by atoms with E-state index in [1.54, 1.807) is 0 Å². The summed E-state index contributed by atoms with van der Waals surface area (Å²) in [6, 6.07) is 2.88. The zero-order valence-electron chi connectivity index (χ0n) is 15.1. The summed E-state index contributed by atoms with van der Waals surface area (Å²) < 4.78 is 22.2. The third-order valence-electron chi connectivity index (χ3n) is 4.21. The Morgan fingerprint density at radius 1 is 1.46 bits per heavy atom. The molecule has 1 aromatic rings. The molecule has 0 saturated carbocycles. The summed E-state index contributed by atoms with van der Waals surface area (Å²) in [7, 11) is -3.21. The number of carbonyl (C=O) groups excluding carboxylic acids is 3. The van der Waals surface area contributed by atoms with Crippen LogP contribution in [0.5, 0.6) is 0 Å². The molecule has 0 bridgehead atoms. The van der Waals surface area contributed by atoms with Crippen LogP contribution in [0.4, 0.5) is 0 Å². The molecule has 2 aliphatic rings. The molecule has 12 heteroatoms. The van der Waals surface area contributed by atoms with Gasteiger partial charge in [-0.2, -0.15) is 0 Å². The quantitative estimate of drug-likeness (QED) is 0.365. The predicted octanol–water partition coefficient (Wildman–Crippen LogP) is 1.30. The average Bonchev–Trinajstić information content (AvgIpc) is 3.16. The minimum Gasteiger partial charge on any atom is -0.461 e. The van der Waals surface area contributed by atoms with Crippen LogP contribution in [0.25, 0.3) is 0 Å². The van der Waals surface area contributed by atoms with Gasteiger partial charge in [0.25, 0.3) is 5.91 Å². The first-order valence-corrected chi connectivity index (χ1v) is 11.8. The second-order valence-corrected chi connectivity index (χ2v) is 10.1. The normalized spacial score (nSPS) is 23.5. The lowest BCUT2D eigenvalue weighted by molar-refractivity contribution is -0.145. The molecular formula is C16H19N2O7PS2. The molecule has 1 aromatic heterocycles. The number of fused-ring (bicyclic) bond motifs is 1.